The number of fused-ring (bicyclic) bond motifs is 3. The first-order valence-electron chi connectivity index (χ1n) is 8.10. The third kappa shape index (κ3) is 2.13. The van der Waals surface area contributed by atoms with Crippen LogP contribution in [-0.2, 0) is 0 Å². The molecule has 0 spiro atoms. The number of rotatable bonds is 1. The molecule has 1 saturated heterocycles. The molecule has 2 aromatic rings. The van der Waals surface area contributed by atoms with Crippen molar-refractivity contribution in [1.82, 2.24) is 14.9 Å². The van der Waals surface area contributed by atoms with Crippen LogP contribution in [0.1, 0.15) is 50.5 Å². The number of carbonyl (C=O) groups is 1. The molecule has 2 fully saturated rings. The summed E-state index contributed by atoms with van der Waals surface area (Å²) in [6, 6.07) is 6.11. The molecule has 1 saturated carbocycles. The maximum Gasteiger partial charge on any atom is 0.270 e. The average molecular weight is 297 g/mol. The van der Waals surface area contributed by atoms with Crippen LogP contribution in [0.2, 0.25) is 0 Å². The topological polar surface area (TPSA) is 49.0 Å². The first kappa shape index (κ1) is 13.8. The second kappa shape index (κ2) is 4.34. The van der Waals surface area contributed by atoms with Gasteiger partial charge in [0.1, 0.15) is 5.69 Å². The molecule has 1 aliphatic carbocycles. The molecule has 2 aliphatic rings. The van der Waals surface area contributed by atoms with Crippen molar-refractivity contribution in [3.8, 4) is 0 Å². The Hall–Kier alpha value is -1.84. The lowest BCUT2D eigenvalue weighted by Crippen LogP contribution is -2.37. The van der Waals surface area contributed by atoms with Crippen LogP contribution in [0.25, 0.3) is 11.0 Å². The lowest BCUT2D eigenvalue weighted by molar-refractivity contribution is 0.0703. The molecule has 2 unspecified atom stereocenters. The number of carbonyl (C=O) groups excluding carboxylic acids is 1. The Kier molecular flexibility index (Phi) is 2.72. The van der Waals surface area contributed by atoms with Crippen molar-refractivity contribution < 1.29 is 4.79 Å². The second-order valence-electron chi connectivity index (χ2n) is 8.27. The Morgan fingerprint density at radius 2 is 2.18 bits per heavy atom. The number of nitrogens with zero attached hydrogens (tertiary/aromatic N) is 2. The predicted octanol–water partition coefficient (Wildman–Crippen LogP) is 3.60. The van der Waals surface area contributed by atoms with Crippen molar-refractivity contribution in [1.29, 1.82) is 0 Å². The molecule has 1 N–H and O–H groups in total. The van der Waals surface area contributed by atoms with E-state index in [0.717, 1.165) is 30.4 Å². The van der Waals surface area contributed by atoms with Crippen LogP contribution in [0.15, 0.2) is 24.4 Å². The van der Waals surface area contributed by atoms with Gasteiger partial charge >= 0.3 is 0 Å². The van der Waals surface area contributed by atoms with Crippen LogP contribution >= 0.6 is 0 Å². The normalized spacial score (nSPS) is 30.0. The molecule has 2 bridgehead atoms. The van der Waals surface area contributed by atoms with E-state index in [1.165, 1.54) is 6.42 Å². The van der Waals surface area contributed by atoms with E-state index in [2.05, 4.69) is 35.6 Å². The Morgan fingerprint density at radius 3 is 2.95 bits per heavy atom. The van der Waals surface area contributed by atoms with Crippen molar-refractivity contribution >= 4 is 16.9 Å². The molecule has 1 aliphatic heterocycles. The zero-order valence-corrected chi connectivity index (χ0v) is 13.5. The smallest absolute Gasteiger partial charge is 0.270 e. The van der Waals surface area contributed by atoms with Gasteiger partial charge in [-0.3, -0.25) is 9.78 Å². The van der Waals surface area contributed by atoms with E-state index in [1.807, 2.05) is 18.2 Å². The highest BCUT2D eigenvalue weighted by molar-refractivity contribution is 5.97. The summed E-state index contributed by atoms with van der Waals surface area (Å²) < 4.78 is 0. The number of hydrogen-bond acceptors (Lipinski definition) is 2. The molecule has 0 radical (unpaired) electrons. The number of aromatic nitrogens is 2. The van der Waals surface area contributed by atoms with E-state index >= 15 is 0 Å². The summed E-state index contributed by atoms with van der Waals surface area (Å²) in [7, 11) is 0. The maximum absolute atomic E-state index is 13.0. The number of H-pyrrole nitrogens is 1. The molecule has 1 amide bonds. The Balaban J connectivity index is 1.66. The Bertz CT molecular complexity index is 715. The monoisotopic (exact) mass is 297 g/mol. The zero-order valence-electron chi connectivity index (χ0n) is 13.5. The minimum atomic E-state index is 0.129. The molecular formula is C18H23N3O. The van der Waals surface area contributed by atoms with Gasteiger partial charge in [-0.1, -0.05) is 20.8 Å². The molecular weight excluding hydrogens is 274 g/mol. The summed E-state index contributed by atoms with van der Waals surface area (Å²) in [5, 5.41) is 0. The Labute approximate surface area is 130 Å². The van der Waals surface area contributed by atoms with Gasteiger partial charge in [0, 0.05) is 18.8 Å². The highest BCUT2D eigenvalue weighted by Gasteiger charge is 2.51. The molecule has 22 heavy (non-hydrogen) atoms. The average Bonchev–Trinajstić information content (AvgIpc) is 2.95. The summed E-state index contributed by atoms with van der Waals surface area (Å²) in [5.74, 6) is 0.129. The van der Waals surface area contributed by atoms with E-state index in [1.54, 1.807) is 6.20 Å². The van der Waals surface area contributed by atoms with Crippen molar-refractivity contribution in [2.75, 3.05) is 6.54 Å². The van der Waals surface area contributed by atoms with E-state index in [4.69, 9.17) is 0 Å². The molecule has 4 rings (SSSR count). The lowest BCUT2D eigenvalue weighted by Gasteiger charge is -2.39. The molecule has 2 atom stereocenters. The first-order chi connectivity index (χ1) is 10.4. The van der Waals surface area contributed by atoms with Gasteiger partial charge in [-0.25, -0.2) is 0 Å². The van der Waals surface area contributed by atoms with Crippen LogP contribution in [0.4, 0.5) is 0 Å². The van der Waals surface area contributed by atoms with Gasteiger partial charge in [0.05, 0.1) is 11.0 Å². The van der Waals surface area contributed by atoms with Crippen molar-refractivity contribution in [3.05, 3.63) is 30.1 Å². The summed E-state index contributed by atoms with van der Waals surface area (Å²) in [4.78, 5) is 22.6. The van der Waals surface area contributed by atoms with Crippen molar-refractivity contribution in [2.24, 2.45) is 10.8 Å². The summed E-state index contributed by atoms with van der Waals surface area (Å²) in [6.45, 7) is 7.88. The lowest BCUT2D eigenvalue weighted by atomic mass is 9.65. The fourth-order valence-corrected chi connectivity index (χ4v) is 4.92. The van der Waals surface area contributed by atoms with Crippen LogP contribution in [0, 0.1) is 10.8 Å². The highest BCUT2D eigenvalue weighted by atomic mass is 16.2. The van der Waals surface area contributed by atoms with Gasteiger partial charge in [-0.2, -0.15) is 0 Å². The molecule has 4 heteroatoms. The molecule has 2 aromatic heterocycles. The van der Waals surface area contributed by atoms with Gasteiger partial charge in [0.15, 0.2) is 0 Å². The maximum atomic E-state index is 13.0. The molecule has 3 heterocycles. The Morgan fingerprint density at radius 1 is 1.36 bits per heavy atom. The fraction of sp³-hybridized carbons (Fsp3) is 0.556. The van der Waals surface area contributed by atoms with Crippen LogP contribution in [0.5, 0.6) is 0 Å². The van der Waals surface area contributed by atoms with Crippen LogP contribution in [-0.4, -0.2) is 33.4 Å². The van der Waals surface area contributed by atoms with Gasteiger partial charge in [0.25, 0.3) is 5.91 Å². The SMILES string of the molecule is CC1(C)CC2CC(C)(CN2C(=O)c2cc3ncccc3[nH]2)C1. The molecule has 4 nitrogen and oxygen atoms in total. The third-order valence-corrected chi connectivity index (χ3v) is 5.29. The van der Waals surface area contributed by atoms with E-state index < -0.39 is 0 Å². The van der Waals surface area contributed by atoms with E-state index in [0.29, 0.717) is 17.2 Å². The third-order valence-electron chi connectivity index (χ3n) is 5.29. The number of amides is 1. The van der Waals surface area contributed by atoms with Crippen LogP contribution < -0.4 is 0 Å². The van der Waals surface area contributed by atoms with Crippen molar-refractivity contribution in [3.63, 3.8) is 0 Å². The molecule has 0 aromatic carbocycles. The highest BCUT2D eigenvalue weighted by Crippen LogP contribution is 2.52. The van der Waals surface area contributed by atoms with Gasteiger partial charge in [-0.05, 0) is 48.3 Å². The van der Waals surface area contributed by atoms with E-state index in [9.17, 15) is 4.79 Å². The summed E-state index contributed by atoms with van der Waals surface area (Å²) in [5.41, 5.74) is 3.06. The number of nitrogens with one attached hydrogen (secondary N) is 1. The van der Waals surface area contributed by atoms with Crippen molar-refractivity contribution in [2.45, 2.75) is 46.1 Å². The number of hydrogen-bond donors (Lipinski definition) is 1. The standard InChI is InChI=1S/C18H23N3O/c1-17(2)8-12-9-18(3,10-17)11-21(12)16(22)15-7-14-13(20-15)5-4-6-19-14/h4-7,12,20H,8-11H2,1-3H3. The predicted molar refractivity (Wildman–Crippen MR) is 86.7 cm³/mol. The first-order valence-corrected chi connectivity index (χ1v) is 8.10. The number of pyridine rings is 1. The zero-order chi connectivity index (χ0) is 15.5. The van der Waals surface area contributed by atoms with Gasteiger partial charge < -0.3 is 9.88 Å². The van der Waals surface area contributed by atoms with Gasteiger partial charge in [0.2, 0.25) is 0 Å². The van der Waals surface area contributed by atoms with Gasteiger partial charge in [-0.15, -0.1) is 0 Å². The fourth-order valence-electron chi connectivity index (χ4n) is 4.92. The number of aromatic amines is 1. The van der Waals surface area contributed by atoms with E-state index in [-0.39, 0.29) is 11.3 Å². The second-order valence-corrected chi connectivity index (χ2v) is 8.27. The summed E-state index contributed by atoms with van der Waals surface area (Å²) in [6.07, 6.45) is 5.21. The van der Waals surface area contributed by atoms with Crippen LogP contribution in [0.3, 0.4) is 0 Å². The molecule has 116 valence electrons. The quantitative estimate of drug-likeness (QED) is 0.874. The minimum Gasteiger partial charge on any atom is -0.349 e. The number of likely N-dealkylation sites (tertiary alicyclic amines) is 1. The minimum absolute atomic E-state index is 0.129. The summed E-state index contributed by atoms with van der Waals surface area (Å²) >= 11 is 0. The largest absolute Gasteiger partial charge is 0.349 e.